The molecule has 0 unspecified atom stereocenters. The molecule has 0 bridgehead atoms. The standard InChI is InChI=1S/C21H22N6O2/c1-12(2)27(11-19-24-14(4)29-26-19)21(28)17-8-18(15-9-22-23-10-15)25-20-13(3)6-5-7-16(17)20/h5-10,12H,11H2,1-4H3,(H,22,23). The van der Waals surface area contributed by atoms with E-state index in [2.05, 4.69) is 20.3 Å². The van der Waals surface area contributed by atoms with Crippen LogP contribution in [0.5, 0.6) is 0 Å². The Bertz CT molecular complexity index is 1160. The summed E-state index contributed by atoms with van der Waals surface area (Å²) in [7, 11) is 0. The maximum Gasteiger partial charge on any atom is 0.255 e. The van der Waals surface area contributed by atoms with E-state index in [0.29, 0.717) is 23.0 Å². The maximum absolute atomic E-state index is 13.6. The first kappa shape index (κ1) is 18.8. The molecule has 3 aromatic heterocycles. The van der Waals surface area contributed by atoms with Gasteiger partial charge in [-0.1, -0.05) is 23.4 Å². The number of aryl methyl sites for hydroxylation is 2. The van der Waals surface area contributed by atoms with Crippen molar-refractivity contribution in [1.82, 2.24) is 30.2 Å². The first-order chi connectivity index (χ1) is 13.9. The normalized spacial score (nSPS) is 11.3. The fourth-order valence-electron chi connectivity index (χ4n) is 3.31. The van der Waals surface area contributed by atoms with E-state index in [-0.39, 0.29) is 18.5 Å². The largest absolute Gasteiger partial charge is 0.340 e. The summed E-state index contributed by atoms with van der Waals surface area (Å²) in [5, 5.41) is 11.6. The third-order valence-electron chi connectivity index (χ3n) is 4.83. The van der Waals surface area contributed by atoms with Gasteiger partial charge in [0, 0.05) is 30.1 Å². The fraction of sp³-hybridized carbons (Fsp3) is 0.286. The number of pyridine rings is 1. The molecule has 148 valence electrons. The van der Waals surface area contributed by atoms with Gasteiger partial charge in [0.15, 0.2) is 5.82 Å². The number of hydrogen-bond donors (Lipinski definition) is 1. The number of carbonyl (C=O) groups excluding carboxylic acids is 1. The molecule has 8 nitrogen and oxygen atoms in total. The summed E-state index contributed by atoms with van der Waals surface area (Å²) in [6, 6.07) is 7.64. The molecular weight excluding hydrogens is 368 g/mol. The molecule has 1 N–H and O–H groups in total. The lowest BCUT2D eigenvalue weighted by molar-refractivity contribution is 0.0685. The van der Waals surface area contributed by atoms with E-state index < -0.39 is 0 Å². The van der Waals surface area contributed by atoms with Crippen molar-refractivity contribution in [2.75, 3.05) is 0 Å². The predicted octanol–water partition coefficient (Wildman–Crippen LogP) is 3.68. The Balaban J connectivity index is 1.84. The number of carbonyl (C=O) groups is 1. The van der Waals surface area contributed by atoms with Crippen molar-refractivity contribution in [3.63, 3.8) is 0 Å². The van der Waals surface area contributed by atoms with Crippen molar-refractivity contribution in [3.8, 4) is 11.3 Å². The Labute approximate surface area is 168 Å². The van der Waals surface area contributed by atoms with Crippen LogP contribution in [0.3, 0.4) is 0 Å². The SMILES string of the molecule is Cc1nc(CN(C(=O)c2cc(-c3cn[nH]c3)nc3c(C)cccc23)C(C)C)no1. The zero-order chi connectivity index (χ0) is 20.5. The number of nitrogens with zero attached hydrogens (tertiary/aromatic N) is 5. The summed E-state index contributed by atoms with van der Waals surface area (Å²) in [4.78, 5) is 24.4. The summed E-state index contributed by atoms with van der Waals surface area (Å²) >= 11 is 0. The Morgan fingerprint density at radius 3 is 2.72 bits per heavy atom. The predicted molar refractivity (Wildman–Crippen MR) is 108 cm³/mol. The van der Waals surface area contributed by atoms with Crippen LogP contribution in [-0.2, 0) is 6.54 Å². The van der Waals surface area contributed by atoms with E-state index >= 15 is 0 Å². The van der Waals surface area contributed by atoms with Gasteiger partial charge in [-0.2, -0.15) is 10.1 Å². The molecule has 0 saturated carbocycles. The zero-order valence-corrected chi connectivity index (χ0v) is 16.8. The van der Waals surface area contributed by atoms with E-state index in [1.54, 1.807) is 24.2 Å². The van der Waals surface area contributed by atoms with E-state index in [1.165, 1.54) is 0 Å². The first-order valence-electron chi connectivity index (χ1n) is 9.43. The summed E-state index contributed by atoms with van der Waals surface area (Å²) in [6.07, 6.45) is 3.46. The van der Waals surface area contributed by atoms with E-state index in [0.717, 1.165) is 22.0 Å². The van der Waals surface area contributed by atoms with Crippen molar-refractivity contribution >= 4 is 16.8 Å². The molecule has 0 fully saturated rings. The molecule has 0 aliphatic rings. The van der Waals surface area contributed by atoms with Gasteiger partial charge >= 0.3 is 0 Å². The number of aromatic nitrogens is 5. The molecule has 1 aromatic carbocycles. The molecule has 4 rings (SSSR count). The molecule has 0 aliphatic carbocycles. The van der Waals surface area contributed by atoms with Crippen molar-refractivity contribution in [2.24, 2.45) is 0 Å². The number of amides is 1. The van der Waals surface area contributed by atoms with Crippen molar-refractivity contribution in [3.05, 3.63) is 59.5 Å². The summed E-state index contributed by atoms with van der Waals surface area (Å²) in [5.41, 5.74) is 3.92. The molecule has 29 heavy (non-hydrogen) atoms. The van der Waals surface area contributed by atoms with Gasteiger partial charge in [-0.25, -0.2) is 4.98 Å². The number of rotatable bonds is 5. The third kappa shape index (κ3) is 3.61. The third-order valence-corrected chi connectivity index (χ3v) is 4.83. The number of hydrogen-bond acceptors (Lipinski definition) is 6. The van der Waals surface area contributed by atoms with Crippen LogP contribution in [0.2, 0.25) is 0 Å². The highest BCUT2D eigenvalue weighted by Crippen LogP contribution is 2.28. The van der Waals surface area contributed by atoms with Gasteiger partial charge in [0.25, 0.3) is 5.91 Å². The lowest BCUT2D eigenvalue weighted by Crippen LogP contribution is -2.37. The van der Waals surface area contributed by atoms with Crippen LogP contribution in [0.15, 0.2) is 41.2 Å². The maximum atomic E-state index is 13.6. The average Bonchev–Trinajstić information content (AvgIpc) is 3.37. The minimum atomic E-state index is -0.106. The number of fused-ring (bicyclic) bond motifs is 1. The van der Waals surface area contributed by atoms with Gasteiger partial charge in [0.05, 0.1) is 29.5 Å². The van der Waals surface area contributed by atoms with Crippen molar-refractivity contribution < 1.29 is 9.32 Å². The molecule has 0 aliphatic heterocycles. The lowest BCUT2D eigenvalue weighted by atomic mass is 10.0. The molecule has 8 heteroatoms. The smallest absolute Gasteiger partial charge is 0.255 e. The number of H-pyrrole nitrogens is 1. The highest BCUT2D eigenvalue weighted by atomic mass is 16.5. The van der Waals surface area contributed by atoms with Gasteiger partial charge in [0.1, 0.15) is 0 Å². The molecule has 0 spiro atoms. The van der Waals surface area contributed by atoms with Crippen molar-refractivity contribution in [2.45, 2.75) is 40.3 Å². The fourth-order valence-corrected chi connectivity index (χ4v) is 3.31. The van der Waals surface area contributed by atoms with E-state index in [9.17, 15) is 4.79 Å². The van der Waals surface area contributed by atoms with Crippen LogP contribution in [0.1, 0.15) is 41.5 Å². The second-order valence-electron chi connectivity index (χ2n) is 7.27. The minimum Gasteiger partial charge on any atom is -0.340 e. The van der Waals surface area contributed by atoms with Gasteiger partial charge in [-0.15, -0.1) is 0 Å². The average molecular weight is 390 g/mol. The first-order valence-corrected chi connectivity index (χ1v) is 9.43. The topological polar surface area (TPSA) is 101 Å². The minimum absolute atomic E-state index is 0.0493. The Morgan fingerprint density at radius 2 is 2.07 bits per heavy atom. The number of nitrogens with one attached hydrogen (secondary N) is 1. The Morgan fingerprint density at radius 1 is 1.24 bits per heavy atom. The summed E-state index contributed by atoms with van der Waals surface area (Å²) < 4.78 is 5.07. The molecule has 0 saturated heterocycles. The van der Waals surface area contributed by atoms with Gasteiger partial charge in [0.2, 0.25) is 5.89 Å². The van der Waals surface area contributed by atoms with Gasteiger partial charge in [-0.05, 0) is 32.4 Å². The number of aromatic amines is 1. The van der Waals surface area contributed by atoms with Crippen LogP contribution >= 0.6 is 0 Å². The van der Waals surface area contributed by atoms with Crippen LogP contribution in [-0.4, -0.2) is 42.2 Å². The number of para-hydroxylation sites is 1. The summed E-state index contributed by atoms with van der Waals surface area (Å²) in [6.45, 7) is 7.93. The van der Waals surface area contributed by atoms with Crippen molar-refractivity contribution in [1.29, 1.82) is 0 Å². The highest BCUT2D eigenvalue weighted by molar-refractivity contribution is 6.07. The molecule has 0 atom stereocenters. The Kier molecular flexibility index (Phi) is 4.84. The lowest BCUT2D eigenvalue weighted by Gasteiger charge is -2.26. The summed E-state index contributed by atoms with van der Waals surface area (Å²) in [5.74, 6) is 0.850. The van der Waals surface area contributed by atoms with Crippen LogP contribution < -0.4 is 0 Å². The Hall–Kier alpha value is -3.55. The quantitative estimate of drug-likeness (QED) is 0.558. The second kappa shape index (κ2) is 7.46. The van der Waals surface area contributed by atoms with E-state index in [1.807, 2.05) is 45.0 Å². The monoisotopic (exact) mass is 390 g/mol. The van der Waals surface area contributed by atoms with Gasteiger partial charge < -0.3 is 9.42 Å². The second-order valence-corrected chi connectivity index (χ2v) is 7.27. The molecule has 0 radical (unpaired) electrons. The van der Waals surface area contributed by atoms with Crippen LogP contribution in [0.4, 0.5) is 0 Å². The van der Waals surface area contributed by atoms with E-state index in [4.69, 9.17) is 9.51 Å². The van der Waals surface area contributed by atoms with Crippen LogP contribution in [0.25, 0.3) is 22.2 Å². The molecule has 4 aromatic rings. The molecular formula is C21H22N6O2. The van der Waals surface area contributed by atoms with Crippen LogP contribution in [0, 0.1) is 13.8 Å². The zero-order valence-electron chi connectivity index (χ0n) is 16.8. The molecule has 3 heterocycles. The molecule has 1 amide bonds. The van der Waals surface area contributed by atoms with Gasteiger partial charge in [-0.3, -0.25) is 9.89 Å². The number of benzene rings is 1. The highest BCUT2D eigenvalue weighted by Gasteiger charge is 2.24.